The normalized spacial score (nSPS) is 19.3. The zero-order chi connectivity index (χ0) is 38.0. The fourth-order valence-electron chi connectivity index (χ4n) is 7.08. The molecule has 2 aromatic carbocycles. The number of amides is 1. The van der Waals surface area contributed by atoms with Crippen LogP contribution in [-0.2, 0) is 35.9 Å². The Morgan fingerprint density at radius 1 is 0.863 bits per heavy atom. The first-order valence-electron chi connectivity index (χ1n) is 17.8. The summed E-state index contributed by atoms with van der Waals surface area (Å²) in [5.74, 6) is 0.0688. The van der Waals surface area contributed by atoms with Crippen molar-refractivity contribution >= 4 is 37.5 Å². The Morgan fingerprint density at radius 2 is 1.47 bits per heavy atom. The van der Waals surface area contributed by atoms with Crippen LogP contribution < -0.4 is 15.1 Å². The largest absolute Gasteiger partial charge is 0.364 e. The minimum absolute atomic E-state index is 0.0688. The Morgan fingerprint density at radius 3 is 2.06 bits per heavy atom. The van der Waals surface area contributed by atoms with Crippen molar-refractivity contribution in [1.82, 2.24) is 5.32 Å². The second-order valence-electron chi connectivity index (χ2n) is 15.5. The number of likely N-dealkylation sites (N-methyl/N-ethyl adjacent to an activating group) is 1. The van der Waals surface area contributed by atoms with Crippen LogP contribution in [0.1, 0.15) is 98.6 Å². The van der Waals surface area contributed by atoms with Crippen molar-refractivity contribution < 1.29 is 30.7 Å². The standard InChI is InChI=1S/C39H55N3O7S2/c1-9-37(3,4)27-40-36(43)19-15-12-16-24-42-33-23-21-29(51(47,48)49)26-31(33)39(7,8)35(42)18-14-11-13-17-34-38(5,6)30-25-28(50(44,45)46)20-22-32(30)41(34)10-2/h11,13-14,17-18,20-23,25-26,35H,9-10,12,15-16,19,24,27H2,1-8H3,(H,40,43)(H,44,45,46)(H,47,48,49)/b13-11+,18-14+,34-17-. The van der Waals surface area contributed by atoms with Gasteiger partial charge >= 0.3 is 0 Å². The lowest BCUT2D eigenvalue weighted by Gasteiger charge is -2.32. The molecule has 0 saturated carbocycles. The number of rotatable bonds is 15. The lowest BCUT2D eigenvalue weighted by atomic mass is 9.80. The van der Waals surface area contributed by atoms with Crippen LogP contribution in [0.5, 0.6) is 0 Å². The van der Waals surface area contributed by atoms with Gasteiger partial charge in [-0.15, -0.1) is 0 Å². The average molecular weight is 742 g/mol. The van der Waals surface area contributed by atoms with Gasteiger partial charge in [-0.2, -0.15) is 16.8 Å². The van der Waals surface area contributed by atoms with Gasteiger partial charge in [0.25, 0.3) is 20.2 Å². The number of anilines is 2. The Kier molecular flexibility index (Phi) is 12.1. The topological polar surface area (TPSA) is 144 Å². The van der Waals surface area contributed by atoms with Gasteiger partial charge in [-0.05, 0) is 85.2 Å². The third-order valence-corrected chi connectivity index (χ3v) is 12.3. The number of hydrogen-bond donors (Lipinski definition) is 3. The second kappa shape index (κ2) is 15.3. The number of hydrogen-bond acceptors (Lipinski definition) is 7. The first kappa shape index (κ1) is 40.3. The highest BCUT2D eigenvalue weighted by Gasteiger charge is 2.43. The summed E-state index contributed by atoms with van der Waals surface area (Å²) < 4.78 is 67.2. The fraction of sp³-hybridized carbons (Fsp3) is 0.513. The number of carbonyl (C=O) groups is 1. The summed E-state index contributed by atoms with van der Waals surface area (Å²) in [7, 11) is -8.71. The van der Waals surface area contributed by atoms with E-state index in [4.69, 9.17) is 0 Å². The summed E-state index contributed by atoms with van der Waals surface area (Å²) >= 11 is 0. The molecule has 10 nitrogen and oxygen atoms in total. The summed E-state index contributed by atoms with van der Waals surface area (Å²) in [4.78, 5) is 16.6. The molecule has 51 heavy (non-hydrogen) atoms. The van der Waals surface area contributed by atoms with Crippen LogP contribution in [0.15, 0.2) is 82.3 Å². The average Bonchev–Trinajstić information content (AvgIpc) is 3.40. The maximum atomic E-state index is 12.4. The molecule has 3 N–H and O–H groups in total. The van der Waals surface area contributed by atoms with Crippen LogP contribution in [0, 0.1) is 5.41 Å². The van der Waals surface area contributed by atoms with Crippen molar-refractivity contribution in [2.45, 2.75) is 114 Å². The maximum Gasteiger partial charge on any atom is 0.294 e. The first-order valence-corrected chi connectivity index (χ1v) is 20.6. The summed E-state index contributed by atoms with van der Waals surface area (Å²) in [6, 6.07) is 9.37. The third kappa shape index (κ3) is 8.96. The van der Waals surface area contributed by atoms with Crippen LogP contribution in [0.3, 0.4) is 0 Å². The van der Waals surface area contributed by atoms with E-state index >= 15 is 0 Å². The molecule has 1 amide bonds. The van der Waals surface area contributed by atoms with Crippen LogP contribution in [0.25, 0.3) is 0 Å². The van der Waals surface area contributed by atoms with E-state index < -0.39 is 31.1 Å². The van der Waals surface area contributed by atoms with Gasteiger partial charge in [-0.25, -0.2) is 0 Å². The molecule has 280 valence electrons. The number of allylic oxidation sites excluding steroid dienone is 5. The van der Waals surface area contributed by atoms with Crippen molar-refractivity contribution in [2.24, 2.45) is 5.41 Å². The van der Waals surface area contributed by atoms with E-state index in [-0.39, 0.29) is 27.2 Å². The lowest BCUT2D eigenvalue weighted by molar-refractivity contribution is -0.121. The van der Waals surface area contributed by atoms with Gasteiger partial charge in [0.1, 0.15) is 0 Å². The number of nitrogens with zero attached hydrogens (tertiary/aromatic N) is 2. The molecule has 0 fully saturated rings. The van der Waals surface area contributed by atoms with Crippen molar-refractivity contribution in [3.05, 3.63) is 83.6 Å². The predicted octanol–water partition coefficient (Wildman–Crippen LogP) is 7.57. The van der Waals surface area contributed by atoms with Crippen LogP contribution in [0.4, 0.5) is 11.4 Å². The summed E-state index contributed by atoms with van der Waals surface area (Å²) in [6.45, 7) is 18.7. The number of unbranched alkanes of at least 4 members (excludes halogenated alkanes) is 2. The zero-order valence-electron chi connectivity index (χ0n) is 31.2. The van der Waals surface area contributed by atoms with Gasteiger partial charge in [0.2, 0.25) is 5.91 Å². The fourth-order valence-corrected chi connectivity index (χ4v) is 8.09. The molecule has 1 atom stereocenters. The molecule has 0 aromatic heterocycles. The summed E-state index contributed by atoms with van der Waals surface area (Å²) in [5.41, 5.74) is 3.55. The van der Waals surface area contributed by atoms with E-state index in [1.807, 2.05) is 45.1 Å². The lowest BCUT2D eigenvalue weighted by Crippen LogP contribution is -2.40. The molecule has 0 bridgehead atoms. The Labute approximate surface area is 305 Å². The smallest absolute Gasteiger partial charge is 0.294 e. The molecule has 4 rings (SSSR count). The molecule has 0 saturated heterocycles. The molecule has 2 aromatic rings. The van der Waals surface area contributed by atoms with Gasteiger partial charge in [0.05, 0.1) is 15.8 Å². The SMILES string of the molecule is CCN1\C(=C/C=C/C=C/C2N(CCCCCC(=O)NCC(C)(C)CC)c3ccc(S(=O)(=O)O)cc3C2(C)C)C(C)(C)c2cc(S(=O)(=O)O)ccc21. The van der Waals surface area contributed by atoms with Crippen molar-refractivity contribution in [3.63, 3.8) is 0 Å². The first-order chi connectivity index (χ1) is 23.6. The minimum atomic E-state index is -4.37. The van der Waals surface area contributed by atoms with Crippen molar-refractivity contribution in [3.8, 4) is 0 Å². The van der Waals surface area contributed by atoms with Gasteiger partial charge in [-0.1, -0.05) is 79.2 Å². The van der Waals surface area contributed by atoms with Gasteiger partial charge < -0.3 is 15.1 Å². The Bertz CT molecular complexity index is 1930. The maximum absolute atomic E-state index is 12.4. The molecule has 2 aliphatic rings. The predicted molar refractivity (Wildman–Crippen MR) is 205 cm³/mol. The molecule has 1 unspecified atom stereocenters. The monoisotopic (exact) mass is 741 g/mol. The van der Waals surface area contributed by atoms with E-state index in [2.05, 4.69) is 55.8 Å². The van der Waals surface area contributed by atoms with Crippen LogP contribution in [-0.4, -0.2) is 57.5 Å². The zero-order valence-corrected chi connectivity index (χ0v) is 32.9. The minimum Gasteiger partial charge on any atom is -0.364 e. The van der Waals surface area contributed by atoms with Crippen LogP contribution >= 0.6 is 0 Å². The van der Waals surface area contributed by atoms with Gasteiger partial charge in [-0.3, -0.25) is 13.9 Å². The molecule has 0 aliphatic carbocycles. The summed E-state index contributed by atoms with van der Waals surface area (Å²) in [5, 5.41) is 3.06. The van der Waals surface area contributed by atoms with E-state index in [0.29, 0.717) is 26.1 Å². The molecule has 12 heteroatoms. The molecular weight excluding hydrogens is 687 g/mol. The van der Waals surface area contributed by atoms with E-state index in [1.54, 1.807) is 24.3 Å². The van der Waals surface area contributed by atoms with Crippen LogP contribution in [0.2, 0.25) is 0 Å². The van der Waals surface area contributed by atoms with Gasteiger partial charge in [0.15, 0.2) is 0 Å². The molecule has 0 spiro atoms. The molecule has 2 aliphatic heterocycles. The quantitative estimate of drug-likeness (QED) is 0.0957. The van der Waals surface area contributed by atoms with E-state index in [1.165, 1.54) is 12.1 Å². The van der Waals surface area contributed by atoms with Crippen molar-refractivity contribution in [2.75, 3.05) is 29.4 Å². The number of nitrogens with one attached hydrogen (secondary N) is 1. The third-order valence-electron chi connectivity index (χ3n) is 10.6. The number of benzene rings is 2. The van der Waals surface area contributed by atoms with Crippen molar-refractivity contribution in [1.29, 1.82) is 0 Å². The Balaban J connectivity index is 1.52. The highest BCUT2D eigenvalue weighted by atomic mass is 32.2. The van der Waals surface area contributed by atoms with Gasteiger partial charge in [0, 0.05) is 54.0 Å². The summed E-state index contributed by atoms with van der Waals surface area (Å²) in [6.07, 6.45) is 14.0. The Hall–Kier alpha value is -3.45. The molecular formula is C39H55N3O7S2. The second-order valence-corrected chi connectivity index (χ2v) is 18.3. The highest BCUT2D eigenvalue weighted by molar-refractivity contribution is 7.86. The number of carbonyl (C=O) groups excluding carboxylic acids is 1. The van der Waals surface area contributed by atoms with E-state index in [0.717, 1.165) is 53.9 Å². The number of fused-ring (bicyclic) bond motifs is 2. The molecule has 2 heterocycles. The highest BCUT2D eigenvalue weighted by Crippen LogP contribution is 2.49. The molecule has 0 radical (unpaired) electrons. The van der Waals surface area contributed by atoms with E-state index in [9.17, 15) is 30.7 Å².